The van der Waals surface area contributed by atoms with Crippen LogP contribution in [0.15, 0.2) is 21.9 Å². The lowest BCUT2D eigenvalue weighted by molar-refractivity contribution is -0.138. The first-order chi connectivity index (χ1) is 11.5. The van der Waals surface area contributed by atoms with Crippen molar-refractivity contribution < 1.29 is 27.1 Å². The summed E-state index contributed by atoms with van der Waals surface area (Å²) in [6.07, 6.45) is -3.16. The zero-order valence-electron chi connectivity index (χ0n) is 13.6. The summed E-state index contributed by atoms with van der Waals surface area (Å²) in [5, 5.41) is 0. The van der Waals surface area contributed by atoms with Crippen molar-refractivity contribution >= 4 is 18.5 Å². The van der Waals surface area contributed by atoms with Gasteiger partial charge in [0.25, 0.3) is 5.56 Å². The quantitative estimate of drug-likeness (QED) is 0.772. The van der Waals surface area contributed by atoms with E-state index in [1.807, 2.05) is 4.98 Å². The fourth-order valence-corrected chi connectivity index (χ4v) is 5.41. The molecule has 25 heavy (non-hydrogen) atoms. The topological polar surface area (TPSA) is 91.8 Å². The van der Waals surface area contributed by atoms with Gasteiger partial charge in [0, 0.05) is 12.3 Å². The molecule has 2 aliphatic rings. The van der Waals surface area contributed by atoms with Crippen LogP contribution >= 0.6 is 6.72 Å². The third-order valence-corrected chi connectivity index (χ3v) is 6.23. The third kappa shape index (κ3) is 3.24. The second kappa shape index (κ2) is 6.04. The van der Waals surface area contributed by atoms with Crippen LogP contribution in [-0.2, 0) is 30.1 Å². The van der Waals surface area contributed by atoms with E-state index >= 15 is 0 Å². The minimum Gasteiger partial charge on any atom is -0.340 e. The van der Waals surface area contributed by atoms with E-state index in [0.29, 0.717) is 4.57 Å². The summed E-state index contributed by atoms with van der Waals surface area (Å²) in [5.74, 6) is -3.61. The lowest BCUT2D eigenvalue weighted by Crippen LogP contribution is -2.51. The maximum atomic E-state index is 15.0. The van der Waals surface area contributed by atoms with Gasteiger partial charge in [0.05, 0.1) is 12.7 Å². The molecule has 140 valence electrons. The van der Waals surface area contributed by atoms with Crippen molar-refractivity contribution in [2.24, 2.45) is 0 Å². The third-order valence-electron chi connectivity index (χ3n) is 3.80. The molecule has 0 radical (unpaired) electrons. The first-order valence-electron chi connectivity index (χ1n) is 7.45. The van der Waals surface area contributed by atoms with Gasteiger partial charge in [-0.05, 0) is 32.6 Å². The van der Waals surface area contributed by atoms with Gasteiger partial charge < -0.3 is 13.8 Å². The van der Waals surface area contributed by atoms with Crippen LogP contribution in [0.1, 0.15) is 27.0 Å². The van der Waals surface area contributed by atoms with Crippen LogP contribution in [0.4, 0.5) is 8.78 Å². The van der Waals surface area contributed by atoms with E-state index in [1.165, 1.54) is 6.92 Å². The summed E-state index contributed by atoms with van der Waals surface area (Å²) < 4.78 is 52.2. The summed E-state index contributed by atoms with van der Waals surface area (Å²) in [5.41, 5.74) is -3.25. The summed E-state index contributed by atoms with van der Waals surface area (Å²) in [7, 11) is 0. The van der Waals surface area contributed by atoms with Crippen molar-refractivity contribution in [3.8, 4) is 0 Å². The van der Waals surface area contributed by atoms with E-state index in [9.17, 15) is 18.4 Å². The Morgan fingerprint density at radius 1 is 1.48 bits per heavy atom. The number of halogens is 2. The largest absolute Gasteiger partial charge is 0.340 e. The molecule has 0 aromatic carbocycles. The first-order valence-corrected chi connectivity index (χ1v) is 10.0. The molecule has 8 nitrogen and oxygen atoms in total. The highest BCUT2D eigenvalue weighted by Gasteiger charge is 2.69. The van der Waals surface area contributed by atoms with E-state index in [0.717, 1.165) is 12.3 Å². The van der Waals surface area contributed by atoms with Gasteiger partial charge in [-0.15, -0.1) is 0 Å². The maximum absolute atomic E-state index is 15.0. The Balaban J connectivity index is 1.98. The van der Waals surface area contributed by atoms with Crippen LogP contribution in [-0.4, -0.2) is 39.9 Å². The van der Waals surface area contributed by atoms with E-state index in [2.05, 4.69) is 0 Å². The Kier molecular flexibility index (Phi) is 4.54. The highest BCUT2D eigenvalue weighted by molar-refractivity contribution is 8.07. The molecule has 1 N–H and O–H groups in total. The lowest BCUT2D eigenvalue weighted by atomic mass is 9.98. The van der Waals surface area contributed by atoms with Crippen molar-refractivity contribution in [1.29, 1.82) is 0 Å². The molecule has 1 aromatic heterocycles. The van der Waals surface area contributed by atoms with Crippen LogP contribution in [0.25, 0.3) is 0 Å². The Hall–Kier alpha value is -0.970. The summed E-state index contributed by atoms with van der Waals surface area (Å²) in [6, 6.07) is 0.953. The van der Waals surface area contributed by atoms with Gasteiger partial charge in [-0.1, -0.05) is 0 Å². The molecule has 4 unspecified atom stereocenters. The number of rotatable bonds is 3. The van der Waals surface area contributed by atoms with Gasteiger partial charge >= 0.3 is 18.3 Å². The van der Waals surface area contributed by atoms with E-state index in [1.54, 1.807) is 13.8 Å². The van der Waals surface area contributed by atoms with Crippen molar-refractivity contribution in [2.45, 2.75) is 50.7 Å². The molecule has 0 spiro atoms. The van der Waals surface area contributed by atoms with Crippen LogP contribution in [0.5, 0.6) is 0 Å². The molecule has 1 aromatic rings. The zero-order valence-corrected chi connectivity index (χ0v) is 15.3. The monoisotopic (exact) mass is 398 g/mol. The standard InChI is InChI=1S/C13H17F2N2O6PS/c1-7(2)22-24(25)20-6-12(3)9(23-24)13(14,15)10(21-12)17-5-4-8(18)16-11(17)19/h4-5,7,9-10H,6H2,1-3H3,(H,16,18,19). The van der Waals surface area contributed by atoms with Crippen molar-refractivity contribution in [1.82, 2.24) is 9.55 Å². The average molecular weight is 398 g/mol. The van der Waals surface area contributed by atoms with E-state index in [4.69, 9.17) is 30.1 Å². The number of aromatic nitrogens is 2. The van der Waals surface area contributed by atoms with Crippen LogP contribution in [0.3, 0.4) is 0 Å². The smallest absolute Gasteiger partial charge is 0.330 e. The number of aromatic amines is 1. The van der Waals surface area contributed by atoms with Gasteiger partial charge in [-0.2, -0.15) is 8.78 Å². The van der Waals surface area contributed by atoms with Crippen LogP contribution in [0, 0.1) is 0 Å². The lowest BCUT2D eigenvalue weighted by Gasteiger charge is -2.40. The van der Waals surface area contributed by atoms with Gasteiger partial charge in [-0.3, -0.25) is 18.9 Å². The number of hydrogen-bond donors (Lipinski definition) is 1. The molecular weight excluding hydrogens is 381 g/mol. The maximum Gasteiger partial charge on any atom is 0.330 e. The Morgan fingerprint density at radius 3 is 2.76 bits per heavy atom. The molecule has 2 saturated heterocycles. The van der Waals surface area contributed by atoms with Crippen molar-refractivity contribution in [3.63, 3.8) is 0 Å². The second-order valence-electron chi connectivity index (χ2n) is 6.34. The zero-order chi connectivity index (χ0) is 18.6. The number of alkyl halides is 2. The highest BCUT2D eigenvalue weighted by atomic mass is 32.5. The van der Waals surface area contributed by atoms with Gasteiger partial charge in [0.2, 0.25) is 6.23 Å². The van der Waals surface area contributed by atoms with Crippen LogP contribution < -0.4 is 11.2 Å². The molecule has 3 rings (SSSR count). The number of nitrogens with zero attached hydrogens (tertiary/aromatic N) is 1. The SMILES string of the molecule is CC(C)OP1(=S)OCC2(C)OC(n3ccc(=O)[nH]c3=O)C(F)(F)C2O1. The van der Waals surface area contributed by atoms with E-state index < -0.39 is 41.8 Å². The molecule has 0 aliphatic carbocycles. The Bertz CT molecular complexity index is 842. The Labute approximate surface area is 146 Å². The molecule has 4 atom stereocenters. The highest BCUT2D eigenvalue weighted by Crippen LogP contribution is 2.63. The summed E-state index contributed by atoms with van der Waals surface area (Å²) in [6.45, 7) is 1.10. The predicted molar refractivity (Wildman–Crippen MR) is 86.1 cm³/mol. The number of fused-ring (bicyclic) bond motifs is 1. The molecule has 0 bridgehead atoms. The molecule has 2 aliphatic heterocycles. The molecular formula is C13H17F2N2O6PS. The number of nitrogens with one attached hydrogen (secondary N) is 1. The Morgan fingerprint density at radius 2 is 2.16 bits per heavy atom. The van der Waals surface area contributed by atoms with Gasteiger partial charge in [0.15, 0.2) is 6.10 Å². The molecule has 0 amide bonds. The second-order valence-corrected chi connectivity index (χ2v) is 9.25. The average Bonchev–Trinajstić information content (AvgIpc) is 2.67. The van der Waals surface area contributed by atoms with Crippen molar-refractivity contribution in [2.75, 3.05) is 6.61 Å². The number of H-pyrrole nitrogens is 1. The fourth-order valence-electron chi connectivity index (χ4n) is 2.76. The van der Waals surface area contributed by atoms with Crippen LogP contribution in [0.2, 0.25) is 0 Å². The summed E-state index contributed by atoms with van der Waals surface area (Å²) >= 11 is 5.14. The fraction of sp³-hybridized carbons (Fsp3) is 0.692. The van der Waals surface area contributed by atoms with Crippen molar-refractivity contribution in [3.05, 3.63) is 33.1 Å². The minimum absolute atomic E-state index is 0.272. The first kappa shape index (κ1) is 18.8. The molecule has 12 heteroatoms. The normalized spacial score (nSPS) is 37.2. The van der Waals surface area contributed by atoms with E-state index in [-0.39, 0.29) is 12.7 Å². The molecule has 2 fully saturated rings. The molecule has 0 saturated carbocycles. The minimum atomic E-state index is -3.61. The number of ether oxygens (including phenoxy) is 1. The van der Waals surface area contributed by atoms with Gasteiger partial charge in [0.1, 0.15) is 5.60 Å². The number of hydrogen-bond acceptors (Lipinski definition) is 7. The predicted octanol–water partition coefficient (Wildman–Crippen LogP) is 1.52. The molecule has 3 heterocycles. The van der Waals surface area contributed by atoms with Gasteiger partial charge in [-0.25, -0.2) is 4.79 Å². The summed E-state index contributed by atoms with van der Waals surface area (Å²) in [4.78, 5) is 25.0.